The van der Waals surface area contributed by atoms with E-state index < -0.39 is 0 Å². The number of aryl methyl sites for hydroxylation is 1. The predicted octanol–water partition coefficient (Wildman–Crippen LogP) is 5.55. The molecule has 162 valence electrons. The number of hydrogen-bond donors (Lipinski definition) is 1. The number of aliphatic hydroxyl groups is 1. The number of aliphatic hydroxyl groups excluding tert-OH is 1. The summed E-state index contributed by atoms with van der Waals surface area (Å²) in [6.45, 7) is 9.14. The predicted molar refractivity (Wildman–Crippen MR) is 116 cm³/mol. The van der Waals surface area contributed by atoms with Gasteiger partial charge in [-0.15, -0.1) is 0 Å². The zero-order chi connectivity index (χ0) is 20.6. The highest BCUT2D eigenvalue weighted by atomic mass is 16.6. The molecule has 1 N–H and O–H groups in total. The minimum atomic E-state index is -0.154. The smallest absolute Gasteiger partial charge is 0.123 e. The topological polar surface area (TPSA) is 47.9 Å². The van der Waals surface area contributed by atoms with Crippen LogP contribution in [0.15, 0.2) is 24.3 Å². The van der Waals surface area contributed by atoms with Crippen molar-refractivity contribution in [3.8, 4) is 5.75 Å². The van der Waals surface area contributed by atoms with Gasteiger partial charge in [-0.05, 0) is 45.2 Å². The summed E-state index contributed by atoms with van der Waals surface area (Å²) >= 11 is 0. The first-order chi connectivity index (χ1) is 13.6. The third-order valence-electron chi connectivity index (χ3n) is 4.84. The summed E-state index contributed by atoms with van der Waals surface area (Å²) in [7, 11) is 0. The molecule has 4 heteroatoms. The molecule has 1 aromatic rings. The van der Waals surface area contributed by atoms with Crippen molar-refractivity contribution in [2.75, 3.05) is 19.8 Å². The van der Waals surface area contributed by atoms with Crippen LogP contribution in [0.25, 0.3) is 0 Å². The fourth-order valence-corrected chi connectivity index (χ4v) is 3.05. The van der Waals surface area contributed by atoms with Gasteiger partial charge in [0.2, 0.25) is 0 Å². The zero-order valence-electron chi connectivity index (χ0n) is 18.5. The van der Waals surface area contributed by atoms with E-state index in [9.17, 15) is 0 Å². The van der Waals surface area contributed by atoms with Crippen molar-refractivity contribution in [3.63, 3.8) is 0 Å². The third kappa shape index (κ3) is 11.7. The van der Waals surface area contributed by atoms with Gasteiger partial charge in [0, 0.05) is 0 Å². The molecule has 4 nitrogen and oxygen atoms in total. The Bertz CT molecular complexity index is 491. The normalized spacial score (nSPS) is 14.6. The molecule has 0 aliphatic rings. The van der Waals surface area contributed by atoms with Crippen molar-refractivity contribution in [2.45, 2.75) is 97.4 Å². The first kappa shape index (κ1) is 24.9. The van der Waals surface area contributed by atoms with E-state index in [0.717, 1.165) is 12.2 Å². The molecule has 0 heterocycles. The van der Waals surface area contributed by atoms with Crippen LogP contribution in [0.5, 0.6) is 5.75 Å². The van der Waals surface area contributed by atoms with E-state index in [-0.39, 0.29) is 24.9 Å². The van der Waals surface area contributed by atoms with E-state index in [1.807, 2.05) is 26.8 Å². The summed E-state index contributed by atoms with van der Waals surface area (Å²) in [5.41, 5.74) is 1.29. The van der Waals surface area contributed by atoms with Crippen molar-refractivity contribution in [1.29, 1.82) is 0 Å². The number of para-hydroxylation sites is 1. The fraction of sp³-hybridized carbons (Fsp3) is 0.750. The molecule has 0 aliphatic carbocycles. The van der Waals surface area contributed by atoms with Crippen molar-refractivity contribution < 1.29 is 19.3 Å². The molecule has 28 heavy (non-hydrogen) atoms. The van der Waals surface area contributed by atoms with E-state index >= 15 is 0 Å². The number of rotatable bonds is 17. The maximum absolute atomic E-state index is 9.00. The van der Waals surface area contributed by atoms with E-state index in [1.54, 1.807) is 0 Å². The van der Waals surface area contributed by atoms with Crippen LogP contribution in [0.1, 0.15) is 78.2 Å². The summed E-state index contributed by atoms with van der Waals surface area (Å²) in [6, 6.07) is 8.35. The van der Waals surface area contributed by atoms with Gasteiger partial charge in [-0.1, -0.05) is 63.6 Å². The molecule has 0 spiro atoms. The Morgan fingerprint density at radius 2 is 1.39 bits per heavy atom. The Morgan fingerprint density at radius 1 is 0.786 bits per heavy atom. The van der Waals surface area contributed by atoms with Crippen LogP contribution in [-0.4, -0.2) is 43.2 Å². The standard InChI is InChI=1S/C24H42O4/c1-5-6-7-8-9-10-11-14-23-15-12-13-16-24(23)28-22(4)19-27-21(3)18-26-20(2)17-25/h12-13,15-16,20-22,25H,5-11,14,17-19H2,1-4H3. The van der Waals surface area contributed by atoms with Crippen LogP contribution in [0, 0.1) is 0 Å². The largest absolute Gasteiger partial charge is 0.488 e. The lowest BCUT2D eigenvalue weighted by Gasteiger charge is -2.21. The van der Waals surface area contributed by atoms with Gasteiger partial charge >= 0.3 is 0 Å². The van der Waals surface area contributed by atoms with Gasteiger partial charge in [0.05, 0.1) is 32.0 Å². The Hall–Kier alpha value is -1.10. The number of hydrogen-bond acceptors (Lipinski definition) is 4. The van der Waals surface area contributed by atoms with Crippen LogP contribution >= 0.6 is 0 Å². The molecular weight excluding hydrogens is 352 g/mol. The molecule has 0 saturated heterocycles. The van der Waals surface area contributed by atoms with Crippen LogP contribution in [-0.2, 0) is 15.9 Å². The molecule has 3 unspecified atom stereocenters. The molecule has 1 rings (SSSR count). The third-order valence-corrected chi connectivity index (χ3v) is 4.84. The van der Waals surface area contributed by atoms with Crippen molar-refractivity contribution in [3.05, 3.63) is 29.8 Å². The minimum absolute atomic E-state index is 0.0205. The maximum atomic E-state index is 9.00. The van der Waals surface area contributed by atoms with Gasteiger partial charge in [0.25, 0.3) is 0 Å². The monoisotopic (exact) mass is 394 g/mol. The Kier molecular flexibility index (Phi) is 14.1. The molecule has 0 amide bonds. The summed E-state index contributed by atoms with van der Waals surface area (Å²) in [6.07, 6.45) is 10.1. The lowest BCUT2D eigenvalue weighted by Crippen LogP contribution is -2.27. The van der Waals surface area contributed by atoms with Gasteiger partial charge in [0.1, 0.15) is 11.9 Å². The van der Waals surface area contributed by atoms with Gasteiger partial charge < -0.3 is 19.3 Å². The maximum Gasteiger partial charge on any atom is 0.123 e. The molecule has 3 atom stereocenters. The lowest BCUT2D eigenvalue weighted by molar-refractivity contribution is -0.0591. The van der Waals surface area contributed by atoms with E-state index in [1.165, 1.54) is 50.5 Å². The second kappa shape index (κ2) is 15.8. The van der Waals surface area contributed by atoms with E-state index in [4.69, 9.17) is 19.3 Å². The van der Waals surface area contributed by atoms with Gasteiger partial charge in [0.15, 0.2) is 0 Å². The van der Waals surface area contributed by atoms with Gasteiger partial charge in [-0.2, -0.15) is 0 Å². The molecule has 0 saturated carbocycles. The SMILES string of the molecule is CCCCCCCCCc1ccccc1OC(C)COC(C)COC(C)CO. The highest BCUT2D eigenvalue weighted by Crippen LogP contribution is 2.22. The number of unbranched alkanes of at least 4 members (excludes halogenated alkanes) is 6. The Labute approximate surface area is 172 Å². The zero-order valence-corrected chi connectivity index (χ0v) is 18.5. The molecular formula is C24H42O4. The van der Waals surface area contributed by atoms with Crippen molar-refractivity contribution in [2.24, 2.45) is 0 Å². The molecule has 0 aromatic heterocycles. The van der Waals surface area contributed by atoms with Crippen LogP contribution in [0.4, 0.5) is 0 Å². The first-order valence-corrected chi connectivity index (χ1v) is 11.1. The summed E-state index contributed by atoms with van der Waals surface area (Å²) < 4.78 is 17.5. The molecule has 0 fully saturated rings. The van der Waals surface area contributed by atoms with Crippen LogP contribution < -0.4 is 4.74 Å². The first-order valence-electron chi connectivity index (χ1n) is 11.1. The lowest BCUT2D eigenvalue weighted by atomic mass is 10.0. The number of benzene rings is 1. The average Bonchev–Trinajstić information content (AvgIpc) is 2.70. The van der Waals surface area contributed by atoms with Crippen molar-refractivity contribution in [1.82, 2.24) is 0 Å². The number of ether oxygens (including phenoxy) is 3. The Morgan fingerprint density at radius 3 is 2.11 bits per heavy atom. The average molecular weight is 395 g/mol. The van der Waals surface area contributed by atoms with Crippen molar-refractivity contribution >= 4 is 0 Å². The molecule has 0 bridgehead atoms. The van der Waals surface area contributed by atoms with Crippen LogP contribution in [0.3, 0.4) is 0 Å². The summed E-state index contributed by atoms with van der Waals surface area (Å²) in [4.78, 5) is 0. The second-order valence-corrected chi connectivity index (χ2v) is 7.88. The highest BCUT2D eigenvalue weighted by molar-refractivity contribution is 5.33. The molecule has 0 radical (unpaired) electrons. The summed E-state index contributed by atoms with van der Waals surface area (Å²) in [5, 5.41) is 9.00. The quantitative estimate of drug-likeness (QED) is 0.352. The highest BCUT2D eigenvalue weighted by Gasteiger charge is 2.12. The van der Waals surface area contributed by atoms with Crippen LogP contribution in [0.2, 0.25) is 0 Å². The van der Waals surface area contributed by atoms with E-state index in [0.29, 0.717) is 13.2 Å². The van der Waals surface area contributed by atoms with E-state index in [2.05, 4.69) is 25.1 Å². The molecule has 0 aliphatic heterocycles. The fourth-order valence-electron chi connectivity index (χ4n) is 3.05. The van der Waals surface area contributed by atoms with Gasteiger partial charge in [-0.3, -0.25) is 0 Å². The minimum Gasteiger partial charge on any atom is -0.488 e. The van der Waals surface area contributed by atoms with Gasteiger partial charge in [-0.25, -0.2) is 0 Å². The second-order valence-electron chi connectivity index (χ2n) is 7.88. The Balaban J connectivity index is 2.30. The molecule has 1 aromatic carbocycles. The summed E-state index contributed by atoms with van der Waals surface area (Å²) in [5.74, 6) is 0.974.